The van der Waals surface area contributed by atoms with Gasteiger partial charge in [0.25, 0.3) is 5.91 Å². The molecule has 29 heavy (non-hydrogen) atoms. The van der Waals surface area contributed by atoms with E-state index in [1.54, 1.807) is 11.3 Å². The first-order valence-electron chi connectivity index (χ1n) is 10.7. The lowest BCUT2D eigenvalue weighted by molar-refractivity contribution is 0.0929. The summed E-state index contributed by atoms with van der Waals surface area (Å²) < 4.78 is 2.16. The Bertz CT molecular complexity index is 921. The molecule has 0 aliphatic carbocycles. The summed E-state index contributed by atoms with van der Waals surface area (Å²) in [6, 6.07) is 12.8. The van der Waals surface area contributed by atoms with Crippen LogP contribution < -0.4 is 5.32 Å². The molecule has 5 heteroatoms. The highest BCUT2D eigenvalue weighted by Gasteiger charge is 2.18. The SMILES string of the molecule is CCN(CC)CCCC(C)NC(=O)c1cc2ccsc2n1Cc1ccc(C)cc1. The summed E-state index contributed by atoms with van der Waals surface area (Å²) in [5, 5.41) is 6.45. The number of fused-ring (bicyclic) bond motifs is 1. The summed E-state index contributed by atoms with van der Waals surface area (Å²) in [6.07, 6.45) is 2.10. The minimum atomic E-state index is 0.0239. The zero-order chi connectivity index (χ0) is 20.8. The van der Waals surface area contributed by atoms with Gasteiger partial charge in [-0.2, -0.15) is 0 Å². The van der Waals surface area contributed by atoms with Gasteiger partial charge in [0.2, 0.25) is 0 Å². The van der Waals surface area contributed by atoms with Crippen LogP contribution in [0.2, 0.25) is 0 Å². The van der Waals surface area contributed by atoms with Crippen molar-refractivity contribution in [2.45, 2.75) is 53.1 Å². The van der Waals surface area contributed by atoms with E-state index < -0.39 is 0 Å². The number of aromatic nitrogens is 1. The average Bonchev–Trinajstić information content (AvgIpc) is 3.29. The number of nitrogens with zero attached hydrogens (tertiary/aromatic N) is 2. The molecule has 2 aromatic heterocycles. The molecule has 1 amide bonds. The van der Waals surface area contributed by atoms with Gasteiger partial charge in [0.05, 0.1) is 0 Å². The summed E-state index contributed by atoms with van der Waals surface area (Å²) in [7, 11) is 0. The van der Waals surface area contributed by atoms with Crippen LogP contribution in [-0.2, 0) is 6.54 Å². The zero-order valence-corrected chi connectivity index (χ0v) is 18.9. The molecule has 0 aliphatic heterocycles. The van der Waals surface area contributed by atoms with Gasteiger partial charge in [-0.1, -0.05) is 43.7 Å². The molecule has 0 saturated heterocycles. The quantitative estimate of drug-likeness (QED) is 0.491. The molecule has 3 aromatic rings. The molecule has 0 aliphatic rings. The van der Waals surface area contributed by atoms with Crippen molar-refractivity contribution in [1.82, 2.24) is 14.8 Å². The van der Waals surface area contributed by atoms with E-state index in [9.17, 15) is 4.79 Å². The second-order valence-corrected chi connectivity index (χ2v) is 8.72. The van der Waals surface area contributed by atoms with Crippen molar-refractivity contribution in [3.05, 3.63) is 58.6 Å². The topological polar surface area (TPSA) is 37.3 Å². The number of hydrogen-bond acceptors (Lipinski definition) is 3. The average molecular weight is 412 g/mol. The standard InChI is InChI=1S/C24H33N3OS/c1-5-26(6-2)14-7-8-19(4)25-23(28)22-16-21-13-15-29-24(21)27(22)17-20-11-9-18(3)10-12-20/h9-13,15-16,19H,5-8,14,17H2,1-4H3,(H,25,28). The fourth-order valence-corrected chi connectivity index (χ4v) is 4.62. The van der Waals surface area contributed by atoms with Crippen LogP contribution in [0.3, 0.4) is 0 Å². The second kappa shape index (κ2) is 10.1. The highest BCUT2D eigenvalue weighted by atomic mass is 32.1. The van der Waals surface area contributed by atoms with Gasteiger partial charge in [-0.3, -0.25) is 4.79 Å². The van der Waals surface area contributed by atoms with Gasteiger partial charge in [-0.05, 0) is 69.4 Å². The molecule has 1 atom stereocenters. The molecule has 0 fully saturated rings. The van der Waals surface area contributed by atoms with Gasteiger partial charge in [-0.25, -0.2) is 0 Å². The third-order valence-corrected chi connectivity index (χ3v) is 6.53. The van der Waals surface area contributed by atoms with Gasteiger partial charge in [-0.15, -0.1) is 11.3 Å². The number of thiophene rings is 1. The third kappa shape index (κ3) is 5.49. The Morgan fingerprint density at radius 1 is 1.17 bits per heavy atom. The number of benzene rings is 1. The Balaban J connectivity index is 1.69. The maximum absolute atomic E-state index is 13.1. The van der Waals surface area contributed by atoms with Crippen LogP contribution >= 0.6 is 11.3 Å². The number of nitrogens with one attached hydrogen (secondary N) is 1. The highest BCUT2D eigenvalue weighted by Crippen LogP contribution is 2.26. The predicted octanol–water partition coefficient (Wildman–Crippen LogP) is 5.30. The zero-order valence-electron chi connectivity index (χ0n) is 18.1. The van der Waals surface area contributed by atoms with Gasteiger partial charge < -0.3 is 14.8 Å². The van der Waals surface area contributed by atoms with Crippen LogP contribution in [0.5, 0.6) is 0 Å². The summed E-state index contributed by atoms with van der Waals surface area (Å²) in [5.74, 6) is 0.0239. The van der Waals surface area contributed by atoms with Gasteiger partial charge in [0, 0.05) is 18.0 Å². The van der Waals surface area contributed by atoms with Gasteiger partial charge in [0.15, 0.2) is 0 Å². The summed E-state index contributed by atoms with van der Waals surface area (Å²) in [4.78, 5) is 16.6. The number of rotatable bonds is 10. The van der Waals surface area contributed by atoms with Crippen molar-refractivity contribution in [3.8, 4) is 0 Å². The summed E-state index contributed by atoms with van der Waals surface area (Å²) in [6.45, 7) is 12.6. The number of carbonyl (C=O) groups excluding carboxylic acids is 1. The normalized spacial score (nSPS) is 12.6. The largest absolute Gasteiger partial charge is 0.348 e. The highest BCUT2D eigenvalue weighted by molar-refractivity contribution is 7.16. The number of carbonyl (C=O) groups is 1. The second-order valence-electron chi connectivity index (χ2n) is 7.83. The number of hydrogen-bond donors (Lipinski definition) is 1. The van der Waals surface area contributed by atoms with Crippen LogP contribution in [-0.4, -0.2) is 41.1 Å². The van der Waals surface area contributed by atoms with Crippen LogP contribution in [0.25, 0.3) is 10.2 Å². The van der Waals surface area contributed by atoms with E-state index in [2.05, 4.69) is 78.2 Å². The van der Waals surface area contributed by atoms with Gasteiger partial charge in [0.1, 0.15) is 10.5 Å². The Kier molecular flexibility index (Phi) is 7.51. The first kappa shape index (κ1) is 21.6. The molecule has 1 unspecified atom stereocenters. The molecular formula is C24H33N3OS. The minimum Gasteiger partial charge on any atom is -0.348 e. The molecule has 4 nitrogen and oxygen atoms in total. The summed E-state index contributed by atoms with van der Waals surface area (Å²) >= 11 is 1.69. The van der Waals surface area contributed by atoms with Crippen LogP contribution in [0.1, 0.15) is 55.2 Å². The van der Waals surface area contributed by atoms with E-state index in [4.69, 9.17) is 0 Å². The first-order valence-corrected chi connectivity index (χ1v) is 11.5. The number of aryl methyl sites for hydroxylation is 1. The molecule has 0 bridgehead atoms. The fraction of sp³-hybridized carbons (Fsp3) is 0.458. The van der Waals surface area contributed by atoms with Crippen molar-refractivity contribution < 1.29 is 4.79 Å². The maximum atomic E-state index is 13.1. The Morgan fingerprint density at radius 3 is 2.59 bits per heavy atom. The lowest BCUT2D eigenvalue weighted by Crippen LogP contribution is -2.34. The lowest BCUT2D eigenvalue weighted by atomic mass is 10.1. The minimum absolute atomic E-state index is 0.0239. The van der Waals surface area contributed by atoms with Gasteiger partial charge >= 0.3 is 0 Å². The molecule has 1 N–H and O–H groups in total. The summed E-state index contributed by atoms with van der Waals surface area (Å²) in [5.41, 5.74) is 3.21. The Morgan fingerprint density at radius 2 is 1.90 bits per heavy atom. The smallest absolute Gasteiger partial charge is 0.268 e. The molecule has 0 radical (unpaired) electrons. The van der Waals surface area contributed by atoms with Crippen molar-refractivity contribution in [2.75, 3.05) is 19.6 Å². The fourth-order valence-electron chi connectivity index (χ4n) is 3.73. The predicted molar refractivity (Wildman–Crippen MR) is 124 cm³/mol. The van der Waals surface area contributed by atoms with E-state index in [1.807, 2.05) is 6.07 Å². The van der Waals surface area contributed by atoms with Crippen molar-refractivity contribution in [3.63, 3.8) is 0 Å². The van der Waals surface area contributed by atoms with Crippen molar-refractivity contribution in [1.29, 1.82) is 0 Å². The van der Waals surface area contributed by atoms with E-state index >= 15 is 0 Å². The van der Waals surface area contributed by atoms with Crippen LogP contribution in [0, 0.1) is 6.92 Å². The monoisotopic (exact) mass is 411 g/mol. The third-order valence-electron chi connectivity index (χ3n) is 5.58. The van der Waals surface area contributed by atoms with Crippen LogP contribution in [0.15, 0.2) is 41.8 Å². The molecule has 1 aromatic carbocycles. The van der Waals surface area contributed by atoms with Crippen LogP contribution in [0.4, 0.5) is 0 Å². The Labute approximate surface area is 178 Å². The maximum Gasteiger partial charge on any atom is 0.268 e. The lowest BCUT2D eigenvalue weighted by Gasteiger charge is -2.20. The number of amides is 1. The van der Waals surface area contributed by atoms with Crippen molar-refractivity contribution in [2.24, 2.45) is 0 Å². The molecule has 156 valence electrons. The Hall–Kier alpha value is -2.11. The molecular weight excluding hydrogens is 378 g/mol. The molecule has 0 spiro atoms. The van der Waals surface area contributed by atoms with Crippen molar-refractivity contribution >= 4 is 27.5 Å². The molecule has 0 saturated carbocycles. The van der Waals surface area contributed by atoms with E-state index in [0.29, 0.717) is 6.54 Å². The van der Waals surface area contributed by atoms with E-state index in [0.717, 1.165) is 48.4 Å². The van der Waals surface area contributed by atoms with E-state index in [-0.39, 0.29) is 11.9 Å². The first-order chi connectivity index (χ1) is 14.0. The molecule has 2 heterocycles. The van der Waals surface area contributed by atoms with E-state index in [1.165, 1.54) is 11.1 Å². The molecule has 3 rings (SSSR count).